The fraction of sp³-hybridized carbons (Fsp3) is 0.167. The molecule has 6 nitrogen and oxygen atoms in total. The average molecular weight is 434 g/mol. The summed E-state index contributed by atoms with van der Waals surface area (Å²) in [5.74, 6) is 0.956. The van der Waals surface area contributed by atoms with Gasteiger partial charge in [0.05, 0.1) is 17.1 Å². The summed E-state index contributed by atoms with van der Waals surface area (Å²) < 4.78 is 7.79. The number of carbonyl (C=O) groups excluding carboxylic acids is 1. The molecule has 0 bridgehead atoms. The van der Waals surface area contributed by atoms with E-state index in [-0.39, 0.29) is 12.5 Å². The Bertz CT molecular complexity index is 1160. The maximum atomic E-state index is 11.1. The van der Waals surface area contributed by atoms with Crippen LogP contribution < -0.4 is 10.1 Å². The molecule has 4 aromatic rings. The molecule has 0 aliphatic carbocycles. The number of anilines is 1. The molecular weight excluding hydrogens is 410 g/mol. The highest BCUT2D eigenvalue weighted by Crippen LogP contribution is 2.28. The van der Waals surface area contributed by atoms with Gasteiger partial charge >= 0.3 is 0 Å². The molecule has 0 fully saturated rings. The Kier molecular flexibility index (Phi) is 6.54. The van der Waals surface area contributed by atoms with Gasteiger partial charge < -0.3 is 15.2 Å². The van der Waals surface area contributed by atoms with Crippen LogP contribution in [-0.4, -0.2) is 39.0 Å². The first-order chi connectivity index (χ1) is 15.1. The summed E-state index contributed by atoms with van der Waals surface area (Å²) in [6.07, 6.45) is -0.663. The third kappa shape index (κ3) is 5.25. The molecule has 0 aliphatic rings. The maximum absolute atomic E-state index is 11.1. The van der Waals surface area contributed by atoms with Crippen LogP contribution in [-0.2, 0) is 4.79 Å². The second kappa shape index (κ2) is 9.68. The van der Waals surface area contributed by atoms with E-state index in [0.29, 0.717) is 17.2 Å². The fourth-order valence-electron chi connectivity index (χ4n) is 3.18. The van der Waals surface area contributed by atoms with E-state index in [1.165, 1.54) is 18.7 Å². The smallest absolute Gasteiger partial charge is 0.221 e. The van der Waals surface area contributed by atoms with Gasteiger partial charge in [0.25, 0.3) is 0 Å². The van der Waals surface area contributed by atoms with Crippen LogP contribution in [0.3, 0.4) is 0 Å². The van der Waals surface area contributed by atoms with Crippen LogP contribution in [0.1, 0.15) is 6.92 Å². The van der Waals surface area contributed by atoms with Gasteiger partial charge in [0.1, 0.15) is 12.4 Å². The molecule has 1 amide bonds. The molecule has 0 saturated heterocycles. The lowest BCUT2D eigenvalue weighted by atomic mass is 10.3. The zero-order chi connectivity index (χ0) is 21.6. The number of thioether (sulfide) groups is 1. The van der Waals surface area contributed by atoms with Gasteiger partial charge in [-0.2, -0.15) is 0 Å². The van der Waals surface area contributed by atoms with E-state index in [0.717, 1.165) is 21.9 Å². The van der Waals surface area contributed by atoms with Crippen molar-refractivity contribution < 1.29 is 14.6 Å². The van der Waals surface area contributed by atoms with E-state index in [4.69, 9.17) is 9.72 Å². The van der Waals surface area contributed by atoms with E-state index in [1.807, 2.05) is 54.6 Å². The van der Waals surface area contributed by atoms with E-state index >= 15 is 0 Å². The zero-order valence-corrected chi connectivity index (χ0v) is 17.9. The zero-order valence-electron chi connectivity index (χ0n) is 17.1. The van der Waals surface area contributed by atoms with Crippen molar-refractivity contribution in [3.8, 4) is 11.4 Å². The fourth-order valence-corrected chi connectivity index (χ4v) is 4.11. The number of hydrogen-bond donors (Lipinski definition) is 2. The molecule has 0 spiro atoms. The molecule has 1 atom stereocenters. The molecule has 0 saturated carbocycles. The van der Waals surface area contributed by atoms with Crippen LogP contribution >= 0.6 is 11.8 Å². The Hall–Kier alpha value is -3.29. The number of aromatic nitrogens is 2. The van der Waals surface area contributed by atoms with Crippen molar-refractivity contribution in [2.75, 3.05) is 17.7 Å². The lowest BCUT2D eigenvalue weighted by Crippen LogP contribution is -2.20. The maximum Gasteiger partial charge on any atom is 0.221 e. The van der Waals surface area contributed by atoms with Gasteiger partial charge in [-0.25, -0.2) is 4.98 Å². The summed E-state index contributed by atoms with van der Waals surface area (Å²) >= 11 is 1.49. The average Bonchev–Trinajstić information content (AvgIpc) is 3.16. The van der Waals surface area contributed by atoms with Gasteiger partial charge in [-0.05, 0) is 48.5 Å². The van der Waals surface area contributed by atoms with Crippen molar-refractivity contribution in [1.29, 1.82) is 0 Å². The molecule has 31 heavy (non-hydrogen) atoms. The molecular formula is C24H23N3O3S. The number of nitrogens with one attached hydrogen (secondary N) is 1. The highest BCUT2D eigenvalue weighted by Gasteiger charge is 2.15. The number of nitrogens with zero attached hydrogens (tertiary/aromatic N) is 2. The third-order valence-corrected chi connectivity index (χ3v) is 5.65. The number of aliphatic hydroxyl groups is 1. The van der Waals surface area contributed by atoms with Crippen molar-refractivity contribution in [3.63, 3.8) is 0 Å². The Morgan fingerprint density at radius 2 is 1.77 bits per heavy atom. The van der Waals surface area contributed by atoms with E-state index in [1.54, 1.807) is 24.3 Å². The van der Waals surface area contributed by atoms with Gasteiger partial charge in [0.2, 0.25) is 5.91 Å². The number of amides is 1. The van der Waals surface area contributed by atoms with E-state index in [2.05, 4.69) is 9.88 Å². The SMILES string of the molecule is CC(=O)Nc1ccc(OCC(O)CSc2nc3ccccc3n2-c2ccccc2)cc1. The van der Waals surface area contributed by atoms with Crippen LogP contribution in [0, 0.1) is 0 Å². The first kappa shape index (κ1) is 21.0. The molecule has 7 heteroatoms. The number of aliphatic hydroxyl groups excluding tert-OH is 1. The summed E-state index contributed by atoms with van der Waals surface area (Å²) in [6, 6.07) is 25.1. The van der Waals surface area contributed by atoms with Crippen LogP contribution in [0.5, 0.6) is 5.75 Å². The highest BCUT2D eigenvalue weighted by atomic mass is 32.2. The van der Waals surface area contributed by atoms with Crippen LogP contribution in [0.25, 0.3) is 16.7 Å². The van der Waals surface area contributed by atoms with Gasteiger partial charge in [-0.3, -0.25) is 9.36 Å². The number of para-hydroxylation sites is 3. The quantitative estimate of drug-likeness (QED) is 0.400. The van der Waals surface area contributed by atoms with Gasteiger partial charge in [0.15, 0.2) is 5.16 Å². The van der Waals surface area contributed by atoms with Gasteiger partial charge in [0, 0.05) is 24.1 Å². The molecule has 1 heterocycles. The minimum absolute atomic E-state index is 0.123. The summed E-state index contributed by atoms with van der Waals surface area (Å²) in [5, 5.41) is 14.0. The highest BCUT2D eigenvalue weighted by molar-refractivity contribution is 7.99. The first-order valence-electron chi connectivity index (χ1n) is 9.94. The van der Waals surface area contributed by atoms with Gasteiger partial charge in [-0.1, -0.05) is 42.1 Å². The van der Waals surface area contributed by atoms with Crippen molar-refractivity contribution in [2.45, 2.75) is 18.2 Å². The van der Waals surface area contributed by atoms with Crippen LogP contribution in [0.4, 0.5) is 5.69 Å². The van der Waals surface area contributed by atoms with Crippen molar-refractivity contribution in [2.24, 2.45) is 0 Å². The number of benzene rings is 3. The monoisotopic (exact) mass is 433 g/mol. The molecule has 158 valence electrons. The first-order valence-corrected chi connectivity index (χ1v) is 10.9. The molecule has 1 unspecified atom stereocenters. The normalized spacial score (nSPS) is 11.9. The summed E-state index contributed by atoms with van der Waals surface area (Å²) in [4.78, 5) is 15.8. The molecule has 0 radical (unpaired) electrons. The molecule has 0 aliphatic heterocycles. The molecule has 1 aromatic heterocycles. The largest absolute Gasteiger partial charge is 0.491 e. The number of ether oxygens (including phenoxy) is 1. The Morgan fingerprint density at radius 3 is 2.52 bits per heavy atom. The van der Waals surface area contributed by atoms with Crippen molar-refractivity contribution in [1.82, 2.24) is 9.55 Å². The number of hydrogen-bond acceptors (Lipinski definition) is 5. The number of imidazole rings is 1. The molecule has 3 aromatic carbocycles. The Labute approximate surface area is 184 Å². The van der Waals surface area contributed by atoms with E-state index < -0.39 is 6.10 Å². The Morgan fingerprint density at radius 1 is 1.06 bits per heavy atom. The van der Waals surface area contributed by atoms with E-state index in [9.17, 15) is 9.90 Å². The predicted octanol–water partition coefficient (Wildman–Crippen LogP) is 4.52. The second-order valence-corrected chi connectivity index (χ2v) is 8.02. The molecule has 2 N–H and O–H groups in total. The van der Waals surface area contributed by atoms with Gasteiger partial charge in [-0.15, -0.1) is 0 Å². The number of carbonyl (C=O) groups is 1. The number of rotatable bonds is 8. The standard InChI is InChI=1S/C24H23N3O3S/c1-17(28)25-18-11-13-21(14-12-18)30-15-20(29)16-31-24-26-22-9-5-6-10-23(22)27(24)19-7-3-2-4-8-19/h2-14,20,29H,15-16H2,1H3,(H,25,28). The Balaban J connectivity index is 1.40. The van der Waals surface area contributed by atoms with Crippen molar-refractivity contribution in [3.05, 3.63) is 78.9 Å². The predicted molar refractivity (Wildman–Crippen MR) is 124 cm³/mol. The summed E-state index contributed by atoms with van der Waals surface area (Å²) in [5.41, 5.74) is 3.68. The molecule has 4 rings (SSSR count). The summed E-state index contributed by atoms with van der Waals surface area (Å²) in [7, 11) is 0. The minimum atomic E-state index is -0.663. The van der Waals surface area contributed by atoms with Crippen molar-refractivity contribution >= 4 is 34.4 Å². The van der Waals surface area contributed by atoms with Crippen LogP contribution in [0.2, 0.25) is 0 Å². The number of fused-ring (bicyclic) bond motifs is 1. The summed E-state index contributed by atoms with van der Waals surface area (Å²) in [6.45, 7) is 1.63. The lowest BCUT2D eigenvalue weighted by Gasteiger charge is -2.13. The van der Waals surface area contributed by atoms with Crippen LogP contribution in [0.15, 0.2) is 84.0 Å². The second-order valence-electron chi connectivity index (χ2n) is 7.04. The third-order valence-electron chi connectivity index (χ3n) is 4.57. The minimum Gasteiger partial charge on any atom is -0.491 e. The lowest BCUT2D eigenvalue weighted by molar-refractivity contribution is -0.114. The topological polar surface area (TPSA) is 76.4 Å².